The summed E-state index contributed by atoms with van der Waals surface area (Å²) < 4.78 is 27.9. The van der Waals surface area contributed by atoms with Crippen LogP contribution in [0.4, 0.5) is 0 Å². The highest BCUT2D eigenvalue weighted by Crippen LogP contribution is 2.37. The van der Waals surface area contributed by atoms with Crippen molar-refractivity contribution in [3.8, 4) is 6.07 Å². The van der Waals surface area contributed by atoms with E-state index in [0.29, 0.717) is 17.7 Å². The first-order chi connectivity index (χ1) is 11.4. The van der Waals surface area contributed by atoms with Crippen LogP contribution < -0.4 is 0 Å². The van der Waals surface area contributed by atoms with Crippen molar-refractivity contribution in [1.82, 2.24) is 4.31 Å². The van der Waals surface area contributed by atoms with Gasteiger partial charge in [-0.2, -0.15) is 9.57 Å². The maximum atomic E-state index is 13.2. The zero-order valence-corrected chi connectivity index (χ0v) is 14.8. The van der Waals surface area contributed by atoms with Gasteiger partial charge >= 0.3 is 0 Å². The Balaban J connectivity index is 1.92. The topological polar surface area (TPSA) is 81.4 Å². The Morgan fingerprint density at radius 2 is 1.96 bits per heavy atom. The number of sulfonamides is 1. The molecule has 0 spiro atoms. The van der Waals surface area contributed by atoms with Crippen LogP contribution in [0.5, 0.6) is 0 Å². The summed E-state index contributed by atoms with van der Waals surface area (Å²) in [7, 11) is -3.60. The monoisotopic (exact) mass is 348 g/mol. The molecular formula is C18H24N2O3S. The third-order valence-electron chi connectivity index (χ3n) is 5.41. The maximum Gasteiger partial charge on any atom is 0.243 e. The molecule has 2 fully saturated rings. The minimum absolute atomic E-state index is 0.0368. The lowest BCUT2D eigenvalue weighted by Crippen LogP contribution is -2.45. The minimum Gasteiger partial charge on any atom is -0.393 e. The quantitative estimate of drug-likeness (QED) is 0.910. The molecule has 6 heteroatoms. The summed E-state index contributed by atoms with van der Waals surface area (Å²) in [6.45, 7) is 2.24. The summed E-state index contributed by atoms with van der Waals surface area (Å²) in [4.78, 5) is 0.277. The average molecular weight is 348 g/mol. The lowest BCUT2D eigenvalue weighted by atomic mass is 9.81. The molecule has 1 aromatic carbocycles. The van der Waals surface area contributed by atoms with Crippen LogP contribution >= 0.6 is 0 Å². The molecule has 5 nitrogen and oxygen atoms in total. The molecule has 1 saturated heterocycles. The number of rotatable bonds is 3. The summed E-state index contributed by atoms with van der Waals surface area (Å²) >= 11 is 0. The van der Waals surface area contributed by atoms with Crippen molar-refractivity contribution in [2.75, 3.05) is 6.54 Å². The third-order valence-corrected chi connectivity index (χ3v) is 7.50. The first kappa shape index (κ1) is 17.4. The molecule has 0 amide bonds. The van der Waals surface area contributed by atoms with Crippen molar-refractivity contribution in [2.24, 2.45) is 5.92 Å². The molecule has 0 aromatic heterocycles. The fourth-order valence-electron chi connectivity index (χ4n) is 4.22. The number of benzene rings is 1. The molecule has 130 valence electrons. The highest BCUT2D eigenvalue weighted by Gasteiger charge is 2.42. The van der Waals surface area contributed by atoms with Crippen LogP contribution in [0.1, 0.15) is 49.7 Å². The van der Waals surface area contributed by atoms with Gasteiger partial charge in [0.15, 0.2) is 0 Å². The summed E-state index contributed by atoms with van der Waals surface area (Å²) in [6.07, 6.45) is 4.99. The Bertz CT molecular complexity index is 754. The van der Waals surface area contributed by atoms with E-state index in [4.69, 9.17) is 5.26 Å². The molecule has 1 N–H and O–H groups in total. The van der Waals surface area contributed by atoms with E-state index in [1.165, 1.54) is 6.07 Å². The second-order valence-corrected chi connectivity index (χ2v) is 8.79. The van der Waals surface area contributed by atoms with Crippen LogP contribution in [0.25, 0.3) is 0 Å². The summed E-state index contributed by atoms with van der Waals surface area (Å²) in [6, 6.07) is 6.64. The normalized spacial score (nSPS) is 28.6. The van der Waals surface area contributed by atoms with Crippen molar-refractivity contribution in [3.05, 3.63) is 29.3 Å². The van der Waals surface area contributed by atoms with E-state index in [1.807, 2.05) is 6.07 Å². The zero-order chi connectivity index (χ0) is 17.3. The summed E-state index contributed by atoms with van der Waals surface area (Å²) in [5.74, 6) is 0.0368. The van der Waals surface area contributed by atoms with Crippen LogP contribution in [-0.4, -0.2) is 36.5 Å². The van der Waals surface area contributed by atoms with Gasteiger partial charge in [-0.1, -0.05) is 12.8 Å². The van der Waals surface area contributed by atoms with Gasteiger partial charge in [0.1, 0.15) is 0 Å². The van der Waals surface area contributed by atoms with Crippen LogP contribution in [-0.2, 0) is 10.0 Å². The molecule has 3 atom stereocenters. The number of nitriles is 1. The minimum atomic E-state index is -3.60. The van der Waals surface area contributed by atoms with Gasteiger partial charge in [0.25, 0.3) is 0 Å². The molecule has 1 heterocycles. The van der Waals surface area contributed by atoms with Crippen molar-refractivity contribution in [2.45, 2.75) is 62.5 Å². The number of aryl methyl sites for hydroxylation is 1. The summed E-state index contributed by atoms with van der Waals surface area (Å²) in [5.41, 5.74) is 1.07. The average Bonchev–Trinajstić information content (AvgIpc) is 3.05. The van der Waals surface area contributed by atoms with Gasteiger partial charge in [-0.05, 0) is 56.4 Å². The largest absolute Gasteiger partial charge is 0.393 e. The molecule has 0 bridgehead atoms. The molecular weight excluding hydrogens is 324 g/mol. The van der Waals surface area contributed by atoms with E-state index in [9.17, 15) is 13.5 Å². The Kier molecular flexibility index (Phi) is 4.95. The molecule has 1 saturated carbocycles. The second kappa shape index (κ2) is 6.83. The first-order valence-electron chi connectivity index (χ1n) is 8.66. The van der Waals surface area contributed by atoms with Gasteiger partial charge in [0.05, 0.1) is 22.6 Å². The predicted molar refractivity (Wildman–Crippen MR) is 90.8 cm³/mol. The molecule has 2 aliphatic rings. The fraction of sp³-hybridized carbons (Fsp3) is 0.611. The van der Waals surface area contributed by atoms with E-state index in [2.05, 4.69) is 0 Å². The number of hydrogen-bond acceptors (Lipinski definition) is 4. The smallest absolute Gasteiger partial charge is 0.243 e. The molecule has 3 rings (SSSR count). The van der Waals surface area contributed by atoms with Crippen molar-refractivity contribution in [1.29, 1.82) is 5.26 Å². The first-order valence-corrected chi connectivity index (χ1v) is 10.1. The van der Waals surface area contributed by atoms with E-state index < -0.39 is 16.1 Å². The van der Waals surface area contributed by atoms with E-state index in [-0.39, 0.29) is 16.9 Å². The lowest BCUT2D eigenvalue weighted by molar-refractivity contribution is 0.0386. The maximum absolute atomic E-state index is 13.2. The standard InChI is InChI=1S/C18H24N2O3S/c1-13-11-14(12-19)8-9-18(13)24(22,23)20-10-4-6-16(20)15-5-2-3-7-17(15)21/h8-9,11,15-17,21H,2-7,10H2,1H3/t15-,16-,17-/m1/s1. The third kappa shape index (κ3) is 3.08. The molecule has 1 aromatic rings. The lowest BCUT2D eigenvalue weighted by Gasteiger charge is -2.36. The van der Waals surface area contributed by atoms with Gasteiger partial charge in [-0.3, -0.25) is 0 Å². The van der Waals surface area contributed by atoms with E-state index >= 15 is 0 Å². The van der Waals surface area contributed by atoms with Gasteiger partial charge in [0.2, 0.25) is 10.0 Å². The molecule has 1 aliphatic carbocycles. The van der Waals surface area contributed by atoms with Crippen molar-refractivity contribution in [3.63, 3.8) is 0 Å². The number of hydrogen-bond donors (Lipinski definition) is 1. The van der Waals surface area contributed by atoms with Crippen molar-refractivity contribution >= 4 is 10.0 Å². The predicted octanol–water partition coefficient (Wildman–Crippen LogP) is 2.57. The van der Waals surface area contributed by atoms with Crippen LogP contribution in [0.15, 0.2) is 23.1 Å². The van der Waals surface area contributed by atoms with E-state index in [1.54, 1.807) is 23.4 Å². The fourth-order valence-corrected chi connectivity index (χ4v) is 6.16. The number of aliphatic hydroxyl groups excluding tert-OH is 1. The highest BCUT2D eigenvalue weighted by molar-refractivity contribution is 7.89. The van der Waals surface area contributed by atoms with Crippen LogP contribution in [0.3, 0.4) is 0 Å². The van der Waals surface area contributed by atoms with Gasteiger partial charge in [0, 0.05) is 18.5 Å². The molecule has 1 aliphatic heterocycles. The van der Waals surface area contributed by atoms with Crippen molar-refractivity contribution < 1.29 is 13.5 Å². The Labute approximate surface area is 144 Å². The van der Waals surface area contributed by atoms with E-state index in [0.717, 1.165) is 38.5 Å². The molecule has 24 heavy (non-hydrogen) atoms. The van der Waals surface area contributed by atoms with Gasteiger partial charge < -0.3 is 5.11 Å². The van der Waals surface area contributed by atoms with Gasteiger partial charge in [-0.25, -0.2) is 8.42 Å². The Morgan fingerprint density at radius 3 is 2.62 bits per heavy atom. The van der Waals surface area contributed by atoms with Crippen LogP contribution in [0.2, 0.25) is 0 Å². The zero-order valence-electron chi connectivity index (χ0n) is 14.0. The SMILES string of the molecule is Cc1cc(C#N)ccc1S(=O)(=O)N1CCC[C@@H]1[C@H]1CCCC[C@H]1O. The number of aliphatic hydroxyl groups is 1. The molecule has 0 radical (unpaired) electrons. The molecule has 0 unspecified atom stereocenters. The van der Waals surface area contributed by atoms with Gasteiger partial charge in [-0.15, -0.1) is 0 Å². The second-order valence-electron chi connectivity index (χ2n) is 6.93. The summed E-state index contributed by atoms with van der Waals surface area (Å²) in [5, 5.41) is 19.3. The Morgan fingerprint density at radius 1 is 1.21 bits per heavy atom. The van der Waals surface area contributed by atoms with Crippen LogP contribution in [0, 0.1) is 24.2 Å². The number of nitrogens with zero attached hydrogens (tertiary/aromatic N) is 2. The highest BCUT2D eigenvalue weighted by atomic mass is 32.2. The Hall–Kier alpha value is -1.42.